The Morgan fingerprint density at radius 3 is 1.67 bits per heavy atom. The highest BCUT2D eigenvalue weighted by molar-refractivity contribution is 5.94. The zero-order chi connectivity index (χ0) is 23.6. The molecule has 0 bridgehead atoms. The molecule has 0 aliphatic carbocycles. The smallest absolute Gasteiger partial charge is 0.326 e. The molecule has 0 saturated carbocycles. The van der Waals surface area contributed by atoms with Crippen LogP contribution in [0.1, 0.15) is 53.9 Å². The van der Waals surface area contributed by atoms with Crippen LogP contribution in [0, 0.1) is 11.8 Å². The van der Waals surface area contributed by atoms with Crippen LogP contribution in [0.3, 0.4) is 0 Å². The van der Waals surface area contributed by atoms with Crippen LogP contribution < -0.4 is 21.7 Å². The van der Waals surface area contributed by atoms with Gasteiger partial charge in [0.1, 0.15) is 18.1 Å². The fourth-order valence-corrected chi connectivity index (χ4v) is 2.65. The molecule has 0 spiro atoms. The van der Waals surface area contributed by atoms with Crippen molar-refractivity contribution in [3.63, 3.8) is 0 Å². The molecule has 0 aromatic rings. The van der Waals surface area contributed by atoms with Gasteiger partial charge in [0.25, 0.3) is 0 Å². The first-order valence-corrected chi connectivity index (χ1v) is 9.85. The highest BCUT2D eigenvalue weighted by Crippen LogP contribution is 2.07. The third-order valence-corrected chi connectivity index (χ3v) is 4.15. The first-order chi connectivity index (χ1) is 13.7. The quantitative estimate of drug-likeness (QED) is 0.224. The maximum atomic E-state index is 12.5. The number of hydrogen-bond acceptors (Lipinski definition) is 6. The van der Waals surface area contributed by atoms with E-state index in [1.54, 1.807) is 13.8 Å². The normalized spacial score (nSPS) is 15.1. The van der Waals surface area contributed by atoms with Gasteiger partial charge < -0.3 is 31.9 Å². The molecular formula is C19H34N4O7. The lowest BCUT2D eigenvalue weighted by molar-refractivity contribution is -0.147. The number of amides is 3. The monoisotopic (exact) mass is 430 g/mol. The molecule has 0 heterocycles. The molecule has 4 atom stereocenters. The molecule has 11 nitrogen and oxygen atoms in total. The van der Waals surface area contributed by atoms with Crippen molar-refractivity contribution < 1.29 is 34.2 Å². The minimum Gasteiger partial charge on any atom is -0.481 e. The van der Waals surface area contributed by atoms with Crippen LogP contribution in [0.25, 0.3) is 0 Å². The van der Waals surface area contributed by atoms with E-state index in [9.17, 15) is 24.0 Å². The number of rotatable bonds is 13. The van der Waals surface area contributed by atoms with Gasteiger partial charge >= 0.3 is 11.9 Å². The summed E-state index contributed by atoms with van der Waals surface area (Å²) in [6, 6.07) is -4.49. The molecule has 0 radical (unpaired) electrons. The fraction of sp³-hybridized carbons (Fsp3) is 0.737. The molecule has 3 amide bonds. The lowest BCUT2D eigenvalue weighted by Gasteiger charge is -2.24. The Morgan fingerprint density at radius 2 is 1.23 bits per heavy atom. The number of carboxylic acids is 2. The van der Waals surface area contributed by atoms with E-state index in [0.29, 0.717) is 6.42 Å². The lowest BCUT2D eigenvalue weighted by Crippen LogP contribution is -2.56. The second-order valence-corrected chi connectivity index (χ2v) is 8.15. The largest absolute Gasteiger partial charge is 0.481 e. The van der Waals surface area contributed by atoms with Gasteiger partial charge in [-0.2, -0.15) is 0 Å². The molecule has 0 fully saturated rings. The van der Waals surface area contributed by atoms with E-state index in [4.69, 9.17) is 15.9 Å². The van der Waals surface area contributed by atoms with Gasteiger partial charge in [-0.25, -0.2) is 4.79 Å². The summed E-state index contributed by atoms with van der Waals surface area (Å²) in [6.45, 7) is 8.85. The number of nitrogens with two attached hydrogens (primary N) is 1. The molecule has 0 aromatic heterocycles. The van der Waals surface area contributed by atoms with Crippen LogP contribution >= 0.6 is 0 Å². The summed E-state index contributed by atoms with van der Waals surface area (Å²) in [5.41, 5.74) is 5.79. The second-order valence-electron chi connectivity index (χ2n) is 8.15. The van der Waals surface area contributed by atoms with E-state index in [-0.39, 0.29) is 18.3 Å². The third-order valence-electron chi connectivity index (χ3n) is 4.15. The Kier molecular flexibility index (Phi) is 11.6. The molecular weight excluding hydrogens is 396 g/mol. The van der Waals surface area contributed by atoms with Crippen molar-refractivity contribution in [2.24, 2.45) is 17.6 Å². The van der Waals surface area contributed by atoms with Crippen LogP contribution in [0.2, 0.25) is 0 Å². The van der Waals surface area contributed by atoms with Gasteiger partial charge in [-0.15, -0.1) is 0 Å². The standard InChI is InChI=1S/C19H34N4O7/c1-9(2)6-12(20)17(27)21-11(5)16(26)22-13(7-10(3)4)18(28)23-14(19(29)30)8-15(24)25/h9-14H,6-8,20H2,1-5H3,(H,21,27)(H,22,26)(H,23,28)(H,24,25)(H,29,30). The van der Waals surface area contributed by atoms with E-state index in [1.807, 2.05) is 13.8 Å². The summed E-state index contributed by atoms with van der Waals surface area (Å²) in [7, 11) is 0. The molecule has 0 rings (SSSR count). The van der Waals surface area contributed by atoms with Crippen molar-refractivity contribution >= 4 is 29.7 Å². The van der Waals surface area contributed by atoms with Crippen molar-refractivity contribution in [2.45, 2.75) is 78.0 Å². The Bertz CT molecular complexity index is 636. The van der Waals surface area contributed by atoms with Crippen LogP contribution in [0.15, 0.2) is 0 Å². The molecule has 172 valence electrons. The highest BCUT2D eigenvalue weighted by Gasteiger charge is 2.30. The van der Waals surface area contributed by atoms with Crippen molar-refractivity contribution in [1.82, 2.24) is 16.0 Å². The topological polar surface area (TPSA) is 188 Å². The number of aliphatic carboxylic acids is 2. The Labute approximate surface area is 176 Å². The van der Waals surface area contributed by atoms with Gasteiger partial charge in [-0.1, -0.05) is 27.7 Å². The molecule has 0 aliphatic heterocycles. The molecule has 0 aliphatic rings. The third kappa shape index (κ3) is 10.7. The zero-order valence-corrected chi connectivity index (χ0v) is 18.1. The van der Waals surface area contributed by atoms with Gasteiger partial charge in [0, 0.05) is 0 Å². The second kappa shape index (κ2) is 12.8. The average molecular weight is 431 g/mol. The number of carbonyl (C=O) groups excluding carboxylic acids is 3. The molecule has 7 N–H and O–H groups in total. The molecule has 0 saturated heterocycles. The predicted molar refractivity (Wildman–Crippen MR) is 108 cm³/mol. The predicted octanol–water partition coefficient (Wildman–Crippen LogP) is -0.560. The number of carbonyl (C=O) groups is 5. The summed E-state index contributed by atoms with van der Waals surface area (Å²) < 4.78 is 0. The summed E-state index contributed by atoms with van der Waals surface area (Å²) >= 11 is 0. The summed E-state index contributed by atoms with van der Waals surface area (Å²) in [5.74, 6) is -4.69. The number of hydrogen-bond donors (Lipinski definition) is 6. The summed E-state index contributed by atoms with van der Waals surface area (Å²) in [4.78, 5) is 59.0. The first kappa shape index (κ1) is 27.3. The Hall–Kier alpha value is -2.69. The van der Waals surface area contributed by atoms with E-state index < -0.39 is 60.2 Å². The highest BCUT2D eigenvalue weighted by atomic mass is 16.4. The van der Waals surface area contributed by atoms with E-state index in [2.05, 4.69) is 16.0 Å². The molecule has 30 heavy (non-hydrogen) atoms. The van der Waals surface area contributed by atoms with E-state index in [1.165, 1.54) is 6.92 Å². The minimum atomic E-state index is -1.63. The minimum absolute atomic E-state index is 0.0341. The van der Waals surface area contributed by atoms with Gasteiger partial charge in [-0.05, 0) is 31.6 Å². The number of carboxylic acid groups (broad SMARTS) is 2. The SMILES string of the molecule is CC(C)CC(N)C(=O)NC(C)C(=O)NC(CC(C)C)C(=O)NC(CC(=O)O)C(=O)O. The fourth-order valence-electron chi connectivity index (χ4n) is 2.65. The van der Waals surface area contributed by atoms with Crippen molar-refractivity contribution in [3.05, 3.63) is 0 Å². The Morgan fingerprint density at radius 1 is 0.733 bits per heavy atom. The van der Waals surface area contributed by atoms with Crippen LogP contribution in [0.4, 0.5) is 0 Å². The zero-order valence-electron chi connectivity index (χ0n) is 18.1. The molecule has 11 heteroatoms. The summed E-state index contributed by atoms with van der Waals surface area (Å²) in [5, 5.41) is 25.0. The maximum Gasteiger partial charge on any atom is 0.326 e. The first-order valence-electron chi connectivity index (χ1n) is 9.85. The molecule has 0 aromatic carbocycles. The maximum absolute atomic E-state index is 12.5. The van der Waals surface area contributed by atoms with Crippen LogP contribution in [-0.2, 0) is 24.0 Å². The Balaban J connectivity index is 5.11. The van der Waals surface area contributed by atoms with Crippen molar-refractivity contribution in [3.8, 4) is 0 Å². The van der Waals surface area contributed by atoms with Crippen LogP contribution in [-0.4, -0.2) is 64.0 Å². The lowest BCUT2D eigenvalue weighted by atomic mass is 10.0. The number of nitrogens with one attached hydrogen (secondary N) is 3. The van der Waals surface area contributed by atoms with Crippen LogP contribution in [0.5, 0.6) is 0 Å². The average Bonchev–Trinajstić information content (AvgIpc) is 2.58. The molecule has 4 unspecified atom stereocenters. The van der Waals surface area contributed by atoms with E-state index >= 15 is 0 Å². The van der Waals surface area contributed by atoms with Gasteiger partial charge in [0.2, 0.25) is 17.7 Å². The van der Waals surface area contributed by atoms with Crippen molar-refractivity contribution in [2.75, 3.05) is 0 Å². The van der Waals surface area contributed by atoms with Gasteiger partial charge in [0.15, 0.2) is 0 Å². The van der Waals surface area contributed by atoms with E-state index in [0.717, 1.165) is 0 Å². The van der Waals surface area contributed by atoms with Gasteiger partial charge in [-0.3, -0.25) is 19.2 Å². The summed E-state index contributed by atoms with van der Waals surface area (Å²) in [6.07, 6.45) is -0.174. The van der Waals surface area contributed by atoms with Crippen molar-refractivity contribution in [1.29, 1.82) is 0 Å². The van der Waals surface area contributed by atoms with Gasteiger partial charge in [0.05, 0.1) is 12.5 Å².